The number of imidazole rings is 1. The summed E-state index contributed by atoms with van der Waals surface area (Å²) in [5.74, 6) is 1.47. The lowest BCUT2D eigenvalue weighted by Crippen LogP contribution is -2.09. The first-order chi connectivity index (χ1) is 12.8. The van der Waals surface area contributed by atoms with E-state index < -0.39 is 0 Å². The summed E-state index contributed by atoms with van der Waals surface area (Å²) in [6.45, 7) is 4.60. The largest absolute Gasteiger partial charge is 0.381 e. The molecule has 26 heavy (non-hydrogen) atoms. The maximum Gasteiger partial charge on any atom is 0.174 e. The molecule has 0 bridgehead atoms. The van der Waals surface area contributed by atoms with Crippen LogP contribution >= 0.6 is 23.1 Å². The molecular weight excluding hydrogens is 364 g/mol. The van der Waals surface area contributed by atoms with E-state index in [1.807, 2.05) is 19.3 Å². The van der Waals surface area contributed by atoms with Gasteiger partial charge in [-0.2, -0.15) is 0 Å². The number of benzene rings is 1. The molecule has 1 saturated heterocycles. The van der Waals surface area contributed by atoms with Gasteiger partial charge in [-0.3, -0.25) is 0 Å². The first-order valence-electron chi connectivity index (χ1n) is 8.92. The van der Waals surface area contributed by atoms with Crippen LogP contribution in [0.15, 0.2) is 41.0 Å². The number of aryl methyl sites for hydroxylation is 2. The normalized spacial score (nSPS) is 17.0. The lowest BCUT2D eigenvalue weighted by Gasteiger charge is -2.15. The fourth-order valence-corrected chi connectivity index (χ4v) is 5.11. The maximum absolute atomic E-state index is 5.65. The highest BCUT2D eigenvalue weighted by Gasteiger charge is 2.25. The molecule has 0 aliphatic carbocycles. The molecule has 1 aliphatic rings. The molecule has 0 radical (unpaired) electrons. The van der Waals surface area contributed by atoms with Gasteiger partial charge in [0.25, 0.3) is 0 Å². The summed E-state index contributed by atoms with van der Waals surface area (Å²) in [5, 5.41) is 9.28. The van der Waals surface area contributed by atoms with Gasteiger partial charge in [-0.1, -0.05) is 53.4 Å². The minimum atomic E-state index is 0.436. The van der Waals surface area contributed by atoms with Crippen LogP contribution in [0.4, 0.5) is 0 Å². The molecule has 3 aromatic rings. The Bertz CT molecular complexity index is 840. The third-order valence-electron chi connectivity index (χ3n) is 4.52. The summed E-state index contributed by atoms with van der Waals surface area (Å²) >= 11 is 3.45. The van der Waals surface area contributed by atoms with Gasteiger partial charge < -0.3 is 9.30 Å². The zero-order chi connectivity index (χ0) is 17.8. The van der Waals surface area contributed by atoms with Crippen LogP contribution in [0.1, 0.15) is 29.5 Å². The molecule has 0 unspecified atom stereocenters. The van der Waals surface area contributed by atoms with E-state index in [0.29, 0.717) is 5.92 Å². The fourth-order valence-electron chi connectivity index (χ4n) is 3.30. The Morgan fingerprint density at radius 3 is 2.88 bits per heavy atom. The summed E-state index contributed by atoms with van der Waals surface area (Å²) in [5.41, 5.74) is 3.62. The number of ether oxygens (including phenoxy) is 1. The second kappa shape index (κ2) is 8.33. The molecule has 1 fully saturated rings. The number of nitrogens with zero attached hydrogens (tertiary/aromatic N) is 4. The summed E-state index contributed by atoms with van der Waals surface area (Å²) in [4.78, 5) is 4.75. The molecule has 0 N–H and O–H groups in total. The van der Waals surface area contributed by atoms with Gasteiger partial charge in [0.1, 0.15) is 5.01 Å². The molecule has 0 amide bonds. The topological polar surface area (TPSA) is 52.8 Å². The van der Waals surface area contributed by atoms with E-state index in [1.54, 1.807) is 23.1 Å². The lowest BCUT2D eigenvalue weighted by atomic mass is 9.99. The number of hydrogen-bond donors (Lipinski definition) is 0. The number of rotatable bonds is 7. The molecule has 2 aromatic heterocycles. The van der Waals surface area contributed by atoms with Crippen molar-refractivity contribution < 1.29 is 4.74 Å². The minimum absolute atomic E-state index is 0.436. The van der Waals surface area contributed by atoms with Crippen LogP contribution in [-0.4, -0.2) is 38.7 Å². The van der Waals surface area contributed by atoms with Gasteiger partial charge in [-0.15, -0.1) is 10.2 Å². The van der Waals surface area contributed by atoms with Crippen LogP contribution in [0.25, 0.3) is 11.3 Å². The van der Waals surface area contributed by atoms with Gasteiger partial charge in [0, 0.05) is 30.4 Å². The third-order valence-corrected chi connectivity index (χ3v) is 6.58. The standard InChI is InChI=1S/C19H22N4OS2/c1-14-21-22-19(26-14)25-11-5-9-23-13-20-17(15-6-3-2-4-7-15)18(23)16-8-10-24-12-16/h2-4,6-7,13,16H,5,8-12H2,1H3/t16-/m0/s1. The Balaban J connectivity index is 1.47. The van der Waals surface area contributed by atoms with Crippen molar-refractivity contribution in [3.8, 4) is 11.3 Å². The summed E-state index contributed by atoms with van der Waals surface area (Å²) < 4.78 is 9.04. The number of aromatic nitrogens is 4. The van der Waals surface area contributed by atoms with Gasteiger partial charge in [-0.05, 0) is 19.8 Å². The molecule has 0 saturated carbocycles. The second-order valence-corrected chi connectivity index (χ2v) is 8.91. The van der Waals surface area contributed by atoms with E-state index in [-0.39, 0.29) is 0 Å². The average Bonchev–Trinajstić information content (AvgIpc) is 3.40. The smallest absolute Gasteiger partial charge is 0.174 e. The van der Waals surface area contributed by atoms with Crippen LogP contribution in [-0.2, 0) is 11.3 Å². The van der Waals surface area contributed by atoms with Gasteiger partial charge in [-0.25, -0.2) is 4.98 Å². The molecule has 4 rings (SSSR count). The van der Waals surface area contributed by atoms with E-state index in [1.165, 1.54) is 11.3 Å². The zero-order valence-electron chi connectivity index (χ0n) is 14.8. The molecule has 3 heterocycles. The van der Waals surface area contributed by atoms with Crippen molar-refractivity contribution in [1.29, 1.82) is 0 Å². The van der Waals surface area contributed by atoms with Gasteiger partial charge in [0.05, 0.1) is 24.3 Å². The molecule has 5 nitrogen and oxygen atoms in total. The second-order valence-electron chi connectivity index (χ2n) is 6.39. The first kappa shape index (κ1) is 17.7. The number of hydrogen-bond acceptors (Lipinski definition) is 6. The van der Waals surface area contributed by atoms with Crippen molar-refractivity contribution in [2.45, 2.75) is 36.6 Å². The van der Waals surface area contributed by atoms with Crippen molar-refractivity contribution in [3.05, 3.63) is 47.4 Å². The predicted molar refractivity (Wildman–Crippen MR) is 106 cm³/mol. The van der Waals surface area contributed by atoms with E-state index in [4.69, 9.17) is 9.72 Å². The summed E-state index contributed by atoms with van der Waals surface area (Å²) in [7, 11) is 0. The Morgan fingerprint density at radius 1 is 1.27 bits per heavy atom. The maximum atomic E-state index is 5.65. The van der Waals surface area contributed by atoms with Crippen LogP contribution in [0.2, 0.25) is 0 Å². The quantitative estimate of drug-likeness (QED) is 0.445. The average molecular weight is 387 g/mol. The third kappa shape index (κ3) is 4.00. The lowest BCUT2D eigenvalue weighted by molar-refractivity contribution is 0.193. The minimum Gasteiger partial charge on any atom is -0.381 e. The molecule has 136 valence electrons. The molecule has 1 aromatic carbocycles. The molecular formula is C19H22N4OS2. The van der Waals surface area contributed by atoms with Crippen LogP contribution in [0, 0.1) is 6.92 Å². The Hall–Kier alpha value is -1.70. The fraction of sp³-hybridized carbons (Fsp3) is 0.421. The van der Waals surface area contributed by atoms with E-state index in [2.05, 4.69) is 39.0 Å². The Kier molecular flexibility index (Phi) is 5.67. The van der Waals surface area contributed by atoms with Gasteiger partial charge in [0.15, 0.2) is 4.34 Å². The van der Waals surface area contributed by atoms with Gasteiger partial charge in [0.2, 0.25) is 0 Å². The summed E-state index contributed by atoms with van der Waals surface area (Å²) in [6, 6.07) is 10.5. The highest BCUT2D eigenvalue weighted by atomic mass is 32.2. The van der Waals surface area contributed by atoms with Crippen molar-refractivity contribution in [2.24, 2.45) is 0 Å². The highest BCUT2D eigenvalue weighted by molar-refractivity contribution is 8.01. The monoisotopic (exact) mass is 386 g/mol. The van der Waals surface area contributed by atoms with Crippen molar-refractivity contribution in [2.75, 3.05) is 19.0 Å². The predicted octanol–water partition coefficient (Wildman–Crippen LogP) is 4.40. The van der Waals surface area contributed by atoms with Crippen molar-refractivity contribution >= 4 is 23.1 Å². The molecule has 1 atom stereocenters. The summed E-state index contributed by atoms with van der Waals surface area (Å²) in [6.07, 6.45) is 4.15. The van der Waals surface area contributed by atoms with Crippen LogP contribution in [0.3, 0.4) is 0 Å². The molecule has 0 spiro atoms. The van der Waals surface area contributed by atoms with Crippen LogP contribution < -0.4 is 0 Å². The number of thioether (sulfide) groups is 1. The van der Waals surface area contributed by atoms with Crippen LogP contribution in [0.5, 0.6) is 0 Å². The van der Waals surface area contributed by atoms with Gasteiger partial charge >= 0.3 is 0 Å². The first-order valence-corrected chi connectivity index (χ1v) is 10.7. The van der Waals surface area contributed by atoms with Crippen molar-refractivity contribution in [3.63, 3.8) is 0 Å². The zero-order valence-corrected chi connectivity index (χ0v) is 16.4. The SMILES string of the molecule is Cc1nnc(SCCCn2cnc(-c3ccccc3)c2[C@H]2CCOC2)s1. The van der Waals surface area contributed by atoms with E-state index in [9.17, 15) is 0 Å². The van der Waals surface area contributed by atoms with E-state index in [0.717, 1.165) is 53.4 Å². The Morgan fingerprint density at radius 2 is 2.15 bits per heavy atom. The molecule has 1 aliphatic heterocycles. The van der Waals surface area contributed by atoms with E-state index >= 15 is 0 Å². The van der Waals surface area contributed by atoms with Crippen molar-refractivity contribution in [1.82, 2.24) is 19.7 Å². The Labute approximate surface area is 161 Å². The highest BCUT2D eigenvalue weighted by Crippen LogP contribution is 2.33. The molecule has 7 heteroatoms.